The van der Waals surface area contributed by atoms with Crippen LogP contribution in [0.1, 0.15) is 13.3 Å². The molecule has 58 valence electrons. The molecule has 0 radical (unpaired) electrons. The lowest BCUT2D eigenvalue weighted by atomic mass is 10.1. The summed E-state index contributed by atoms with van der Waals surface area (Å²) >= 11 is 0. The third-order valence-corrected chi connectivity index (χ3v) is 1.17. The zero-order valence-electron chi connectivity index (χ0n) is 5.61. The van der Waals surface area contributed by atoms with E-state index in [9.17, 15) is 14.9 Å². The van der Waals surface area contributed by atoms with Crippen LogP contribution in [0.15, 0.2) is 0 Å². The minimum Gasteiger partial charge on any atom is -0.481 e. The van der Waals surface area contributed by atoms with Crippen molar-refractivity contribution < 1.29 is 14.8 Å². The second kappa shape index (κ2) is 3.81. The van der Waals surface area contributed by atoms with Crippen LogP contribution in [-0.2, 0) is 4.79 Å². The van der Waals surface area contributed by atoms with Gasteiger partial charge in [-0.25, -0.2) is 0 Å². The van der Waals surface area contributed by atoms with E-state index in [4.69, 9.17) is 5.11 Å². The van der Waals surface area contributed by atoms with Crippen molar-refractivity contribution in [3.05, 3.63) is 10.1 Å². The lowest BCUT2D eigenvalue weighted by Crippen LogP contribution is -2.14. The van der Waals surface area contributed by atoms with Gasteiger partial charge in [0, 0.05) is 11.3 Å². The molecule has 1 atom stereocenters. The van der Waals surface area contributed by atoms with Crippen molar-refractivity contribution in [2.24, 2.45) is 5.92 Å². The Kier molecular flexibility index (Phi) is 3.38. The maximum Gasteiger partial charge on any atom is 0.306 e. The van der Waals surface area contributed by atoms with Crippen molar-refractivity contribution in [2.45, 2.75) is 13.3 Å². The van der Waals surface area contributed by atoms with E-state index in [-0.39, 0.29) is 13.0 Å². The maximum atomic E-state index is 10.1. The number of carboxylic acid groups (broad SMARTS) is 1. The fraction of sp³-hybridized carbons (Fsp3) is 0.800. The first kappa shape index (κ1) is 8.87. The summed E-state index contributed by atoms with van der Waals surface area (Å²) in [5, 5.41) is 18.0. The Hall–Kier alpha value is -1.13. The van der Waals surface area contributed by atoms with E-state index in [2.05, 4.69) is 0 Å². The van der Waals surface area contributed by atoms with Crippen LogP contribution in [0.5, 0.6) is 0 Å². The summed E-state index contributed by atoms with van der Waals surface area (Å²) in [6, 6.07) is 0. The highest BCUT2D eigenvalue weighted by molar-refractivity contribution is 5.69. The smallest absolute Gasteiger partial charge is 0.306 e. The quantitative estimate of drug-likeness (QED) is 0.460. The van der Waals surface area contributed by atoms with E-state index in [1.807, 2.05) is 0 Å². The van der Waals surface area contributed by atoms with Gasteiger partial charge in [0.15, 0.2) is 0 Å². The topological polar surface area (TPSA) is 80.4 Å². The standard InChI is InChI=1S/C5H9NO4/c1-4(5(7)8)2-3-6(9)10/h4H,2-3H2,1H3,(H,7,8)/t4-/m0/s1. The Balaban J connectivity index is 3.49. The number of carbonyl (C=O) groups is 1. The van der Waals surface area contributed by atoms with Crippen molar-refractivity contribution in [1.82, 2.24) is 0 Å². The summed E-state index contributed by atoms with van der Waals surface area (Å²) in [6.07, 6.45) is 0.0995. The van der Waals surface area contributed by atoms with Gasteiger partial charge in [0.2, 0.25) is 6.54 Å². The Morgan fingerprint density at radius 1 is 1.80 bits per heavy atom. The van der Waals surface area contributed by atoms with Crippen LogP contribution in [0.4, 0.5) is 0 Å². The number of nitro groups is 1. The number of nitrogens with zero attached hydrogens (tertiary/aromatic N) is 1. The molecule has 1 N–H and O–H groups in total. The zero-order valence-corrected chi connectivity index (χ0v) is 5.61. The number of rotatable bonds is 4. The lowest BCUT2D eigenvalue weighted by Gasteiger charge is -1.99. The molecule has 0 saturated heterocycles. The van der Waals surface area contributed by atoms with Crippen LogP contribution in [0.25, 0.3) is 0 Å². The molecule has 0 aliphatic rings. The van der Waals surface area contributed by atoms with Gasteiger partial charge in [0.25, 0.3) is 0 Å². The highest BCUT2D eigenvalue weighted by Gasteiger charge is 2.12. The molecule has 10 heavy (non-hydrogen) atoms. The third kappa shape index (κ3) is 3.82. The van der Waals surface area contributed by atoms with Crippen molar-refractivity contribution in [1.29, 1.82) is 0 Å². The van der Waals surface area contributed by atoms with Crippen molar-refractivity contribution in [3.63, 3.8) is 0 Å². The average Bonchev–Trinajstić information content (AvgIpc) is 1.82. The van der Waals surface area contributed by atoms with E-state index in [1.54, 1.807) is 0 Å². The van der Waals surface area contributed by atoms with Crippen molar-refractivity contribution >= 4 is 5.97 Å². The van der Waals surface area contributed by atoms with Crippen molar-refractivity contribution in [3.8, 4) is 0 Å². The van der Waals surface area contributed by atoms with Gasteiger partial charge in [-0.3, -0.25) is 14.9 Å². The lowest BCUT2D eigenvalue weighted by molar-refractivity contribution is -0.481. The summed E-state index contributed by atoms with van der Waals surface area (Å²) in [7, 11) is 0. The molecule has 0 heterocycles. The van der Waals surface area contributed by atoms with Gasteiger partial charge in [-0.1, -0.05) is 6.92 Å². The van der Waals surface area contributed by atoms with Crippen molar-refractivity contribution in [2.75, 3.05) is 6.54 Å². The number of hydrogen-bond acceptors (Lipinski definition) is 3. The molecule has 0 aromatic rings. The van der Waals surface area contributed by atoms with Gasteiger partial charge in [0.05, 0.1) is 5.92 Å². The van der Waals surface area contributed by atoms with Gasteiger partial charge < -0.3 is 5.11 Å². The Morgan fingerprint density at radius 2 is 2.30 bits per heavy atom. The average molecular weight is 147 g/mol. The van der Waals surface area contributed by atoms with E-state index >= 15 is 0 Å². The molecule has 0 amide bonds. The van der Waals surface area contributed by atoms with Crippen LogP contribution in [0.3, 0.4) is 0 Å². The molecular formula is C5H9NO4. The summed E-state index contributed by atoms with van der Waals surface area (Å²) in [4.78, 5) is 19.3. The van der Waals surface area contributed by atoms with Gasteiger partial charge >= 0.3 is 5.97 Å². The van der Waals surface area contributed by atoms with E-state index in [1.165, 1.54) is 6.92 Å². The Bertz CT molecular complexity index is 145. The number of carboxylic acids is 1. The molecule has 0 spiro atoms. The van der Waals surface area contributed by atoms with Crippen LogP contribution < -0.4 is 0 Å². The molecule has 0 aliphatic carbocycles. The largest absolute Gasteiger partial charge is 0.481 e. The van der Waals surface area contributed by atoms with Gasteiger partial charge in [-0.15, -0.1) is 0 Å². The summed E-state index contributed by atoms with van der Waals surface area (Å²) < 4.78 is 0. The molecular weight excluding hydrogens is 138 g/mol. The first-order valence-corrected chi connectivity index (χ1v) is 2.88. The first-order valence-electron chi connectivity index (χ1n) is 2.88. The summed E-state index contributed by atoms with van der Waals surface area (Å²) in [5.41, 5.74) is 0. The minimum absolute atomic E-state index is 0.0995. The second-order valence-corrected chi connectivity index (χ2v) is 2.08. The van der Waals surface area contributed by atoms with E-state index in [0.717, 1.165) is 0 Å². The number of aliphatic carboxylic acids is 1. The predicted octanol–water partition coefficient (Wildman–Crippen LogP) is 0.374. The molecule has 0 aliphatic heterocycles. The molecule has 5 nitrogen and oxygen atoms in total. The predicted molar refractivity (Wildman–Crippen MR) is 33.3 cm³/mol. The monoisotopic (exact) mass is 147 g/mol. The normalized spacial score (nSPS) is 12.5. The highest BCUT2D eigenvalue weighted by atomic mass is 16.6. The molecule has 0 aromatic heterocycles. The molecule has 0 rings (SSSR count). The molecule has 0 aromatic carbocycles. The fourth-order valence-electron chi connectivity index (χ4n) is 0.423. The minimum atomic E-state index is -0.984. The van der Waals surface area contributed by atoms with E-state index in [0.29, 0.717) is 0 Å². The Morgan fingerprint density at radius 3 is 2.60 bits per heavy atom. The number of hydrogen-bond donors (Lipinski definition) is 1. The molecule has 0 unspecified atom stereocenters. The van der Waals surface area contributed by atoms with Gasteiger partial charge in [-0.05, 0) is 0 Å². The second-order valence-electron chi connectivity index (χ2n) is 2.08. The van der Waals surface area contributed by atoms with Crippen LogP contribution in [-0.4, -0.2) is 22.5 Å². The van der Waals surface area contributed by atoms with Crippen LogP contribution in [0, 0.1) is 16.0 Å². The molecule has 5 heteroatoms. The SMILES string of the molecule is C[C@@H](CC[N+](=O)[O-])C(=O)O. The highest BCUT2D eigenvalue weighted by Crippen LogP contribution is 2.00. The fourth-order valence-corrected chi connectivity index (χ4v) is 0.423. The van der Waals surface area contributed by atoms with E-state index < -0.39 is 16.8 Å². The first-order chi connectivity index (χ1) is 4.54. The van der Waals surface area contributed by atoms with Crippen LogP contribution >= 0.6 is 0 Å². The molecule has 0 fully saturated rings. The maximum absolute atomic E-state index is 10.1. The van der Waals surface area contributed by atoms with Gasteiger partial charge in [-0.2, -0.15) is 0 Å². The summed E-state index contributed by atoms with van der Waals surface area (Å²) in [6.45, 7) is 1.18. The third-order valence-electron chi connectivity index (χ3n) is 1.17. The molecule has 0 bridgehead atoms. The summed E-state index contributed by atoms with van der Waals surface area (Å²) in [5.74, 6) is -1.60. The Labute approximate surface area is 57.8 Å². The van der Waals surface area contributed by atoms with Gasteiger partial charge in [0.1, 0.15) is 0 Å². The molecule has 0 saturated carbocycles. The van der Waals surface area contributed by atoms with Crippen LogP contribution in [0.2, 0.25) is 0 Å². The zero-order chi connectivity index (χ0) is 8.15.